The number of anilines is 1. The maximum Gasteiger partial charge on any atom is 0.318 e. The fourth-order valence-corrected chi connectivity index (χ4v) is 3.12. The Morgan fingerprint density at radius 2 is 1.73 bits per heavy atom. The Hall–Kier alpha value is -2.33. The molecule has 0 aromatic heterocycles. The molecule has 0 bridgehead atoms. The highest BCUT2D eigenvalue weighted by molar-refractivity contribution is 6.30. The number of nitrogens with one attached hydrogen (secondary N) is 1. The Labute approximate surface area is 159 Å². The summed E-state index contributed by atoms with van der Waals surface area (Å²) in [6.07, 6.45) is 1.14. The molecule has 1 atom stereocenters. The number of esters is 1. The lowest BCUT2D eigenvalue weighted by molar-refractivity contribution is -0.152. The van der Waals surface area contributed by atoms with Crippen molar-refractivity contribution in [3.05, 3.63) is 64.2 Å². The van der Waals surface area contributed by atoms with Crippen molar-refractivity contribution < 1.29 is 14.3 Å². The summed E-state index contributed by atoms with van der Waals surface area (Å²) < 4.78 is 5.36. The molecule has 4 nitrogen and oxygen atoms in total. The first kappa shape index (κ1) is 20.0. The third kappa shape index (κ3) is 5.33. The van der Waals surface area contributed by atoms with Crippen LogP contribution in [0, 0.1) is 19.8 Å². The van der Waals surface area contributed by atoms with Crippen LogP contribution in [-0.4, -0.2) is 11.9 Å². The highest BCUT2D eigenvalue weighted by Gasteiger charge is 2.28. The molecule has 0 aliphatic heterocycles. The van der Waals surface area contributed by atoms with Gasteiger partial charge < -0.3 is 10.1 Å². The van der Waals surface area contributed by atoms with Gasteiger partial charge in [0.1, 0.15) is 12.5 Å². The zero-order valence-corrected chi connectivity index (χ0v) is 16.1. The summed E-state index contributed by atoms with van der Waals surface area (Å²) in [7, 11) is 0. The number of hydrogen-bond acceptors (Lipinski definition) is 3. The molecule has 0 fully saturated rings. The summed E-state index contributed by atoms with van der Waals surface area (Å²) >= 11 is 6.03. The fourth-order valence-electron chi connectivity index (χ4n) is 2.79. The number of aryl methyl sites for hydroxylation is 2. The van der Waals surface area contributed by atoms with Crippen LogP contribution in [0.2, 0.25) is 5.02 Å². The monoisotopic (exact) mass is 373 g/mol. The predicted octanol–water partition coefficient (Wildman–Crippen LogP) is 5.06. The average molecular weight is 374 g/mol. The summed E-state index contributed by atoms with van der Waals surface area (Å²) in [6.45, 7) is 5.84. The van der Waals surface area contributed by atoms with E-state index in [1.165, 1.54) is 0 Å². The summed E-state index contributed by atoms with van der Waals surface area (Å²) in [5.74, 6) is -1.69. The van der Waals surface area contributed by atoms with E-state index in [1.54, 1.807) is 12.1 Å². The maximum absolute atomic E-state index is 12.7. The minimum atomic E-state index is -0.835. The van der Waals surface area contributed by atoms with Gasteiger partial charge in [-0.25, -0.2) is 0 Å². The molecule has 0 spiro atoms. The van der Waals surface area contributed by atoms with Crippen molar-refractivity contribution in [2.75, 3.05) is 5.32 Å². The Bertz CT molecular complexity index is 751. The van der Waals surface area contributed by atoms with Gasteiger partial charge in [0.15, 0.2) is 0 Å². The quantitative estimate of drug-likeness (QED) is 0.545. The Morgan fingerprint density at radius 1 is 1.12 bits per heavy atom. The molecule has 2 aromatic carbocycles. The Balaban J connectivity index is 2.08. The normalized spacial score (nSPS) is 11.7. The van der Waals surface area contributed by atoms with E-state index < -0.39 is 11.9 Å². The van der Waals surface area contributed by atoms with Crippen LogP contribution in [0.25, 0.3) is 0 Å². The van der Waals surface area contributed by atoms with E-state index >= 15 is 0 Å². The number of ether oxygens (including phenoxy) is 1. The van der Waals surface area contributed by atoms with Crippen molar-refractivity contribution in [3.8, 4) is 0 Å². The molecule has 1 amide bonds. The van der Waals surface area contributed by atoms with Crippen molar-refractivity contribution in [2.24, 2.45) is 5.92 Å². The van der Waals surface area contributed by atoms with Gasteiger partial charge in [-0.05, 0) is 49.1 Å². The topological polar surface area (TPSA) is 55.4 Å². The second kappa shape index (κ2) is 9.39. The molecular formula is C21H24ClNO3. The zero-order chi connectivity index (χ0) is 19.1. The summed E-state index contributed by atoms with van der Waals surface area (Å²) in [4.78, 5) is 25.2. The summed E-state index contributed by atoms with van der Waals surface area (Å²) in [5, 5.41) is 3.49. The van der Waals surface area contributed by atoms with Crippen LogP contribution in [-0.2, 0) is 20.9 Å². The van der Waals surface area contributed by atoms with Crippen molar-refractivity contribution in [3.63, 3.8) is 0 Å². The number of carbonyl (C=O) groups excluding carboxylic acids is 2. The van der Waals surface area contributed by atoms with E-state index in [0.717, 1.165) is 16.7 Å². The lowest BCUT2D eigenvalue weighted by Crippen LogP contribution is -2.31. The first-order valence-corrected chi connectivity index (χ1v) is 9.08. The number of carbonyl (C=O) groups is 2. The molecule has 0 heterocycles. The SMILES string of the molecule is CCCC(C(=O)Nc1c(C)cc(Cl)cc1C)C(=O)OCc1ccccc1. The first-order chi connectivity index (χ1) is 12.4. The van der Waals surface area contributed by atoms with Gasteiger partial charge in [-0.15, -0.1) is 0 Å². The molecule has 0 radical (unpaired) electrons. The van der Waals surface area contributed by atoms with E-state index in [-0.39, 0.29) is 12.5 Å². The van der Waals surface area contributed by atoms with Gasteiger partial charge >= 0.3 is 5.97 Å². The van der Waals surface area contributed by atoms with Crippen LogP contribution in [0.4, 0.5) is 5.69 Å². The Kier molecular flexibility index (Phi) is 7.22. The third-order valence-electron chi connectivity index (χ3n) is 4.15. The van der Waals surface area contributed by atoms with Crippen molar-refractivity contribution >= 4 is 29.2 Å². The van der Waals surface area contributed by atoms with E-state index in [9.17, 15) is 9.59 Å². The van der Waals surface area contributed by atoms with Gasteiger partial charge in [0.2, 0.25) is 5.91 Å². The van der Waals surface area contributed by atoms with Crippen LogP contribution in [0.1, 0.15) is 36.5 Å². The van der Waals surface area contributed by atoms with Gasteiger partial charge in [-0.3, -0.25) is 9.59 Å². The smallest absolute Gasteiger partial charge is 0.318 e. The first-order valence-electron chi connectivity index (χ1n) is 8.70. The van der Waals surface area contributed by atoms with Crippen LogP contribution >= 0.6 is 11.6 Å². The molecular weight excluding hydrogens is 350 g/mol. The van der Waals surface area contributed by atoms with Gasteiger partial charge in [-0.2, -0.15) is 0 Å². The van der Waals surface area contributed by atoms with Gasteiger partial charge in [-0.1, -0.05) is 55.3 Å². The number of amides is 1. The second-order valence-corrected chi connectivity index (χ2v) is 6.77. The predicted molar refractivity (Wildman–Crippen MR) is 104 cm³/mol. The van der Waals surface area contributed by atoms with E-state index in [0.29, 0.717) is 23.6 Å². The van der Waals surface area contributed by atoms with Crippen LogP contribution in [0.15, 0.2) is 42.5 Å². The average Bonchev–Trinajstić information content (AvgIpc) is 2.61. The van der Waals surface area contributed by atoms with Crippen molar-refractivity contribution in [1.29, 1.82) is 0 Å². The maximum atomic E-state index is 12.7. The molecule has 0 saturated heterocycles. The molecule has 0 aliphatic carbocycles. The number of halogens is 1. The minimum Gasteiger partial charge on any atom is -0.460 e. The van der Waals surface area contributed by atoms with E-state index in [2.05, 4.69) is 5.32 Å². The fraction of sp³-hybridized carbons (Fsp3) is 0.333. The van der Waals surface area contributed by atoms with Crippen molar-refractivity contribution in [2.45, 2.75) is 40.2 Å². The minimum absolute atomic E-state index is 0.159. The highest BCUT2D eigenvalue weighted by Crippen LogP contribution is 2.26. The summed E-state index contributed by atoms with van der Waals surface area (Å²) in [5.41, 5.74) is 3.30. The molecule has 1 N–H and O–H groups in total. The molecule has 1 unspecified atom stereocenters. The lowest BCUT2D eigenvalue weighted by Gasteiger charge is -2.18. The van der Waals surface area contributed by atoms with E-state index in [1.807, 2.05) is 51.1 Å². The zero-order valence-electron chi connectivity index (χ0n) is 15.3. The molecule has 0 saturated carbocycles. The van der Waals surface area contributed by atoms with Gasteiger partial charge in [0, 0.05) is 10.7 Å². The number of benzene rings is 2. The van der Waals surface area contributed by atoms with Crippen LogP contribution in [0.5, 0.6) is 0 Å². The molecule has 5 heteroatoms. The molecule has 138 valence electrons. The largest absolute Gasteiger partial charge is 0.460 e. The molecule has 0 aliphatic rings. The second-order valence-electron chi connectivity index (χ2n) is 6.34. The Morgan fingerprint density at radius 3 is 2.31 bits per heavy atom. The number of rotatable bonds is 7. The summed E-state index contributed by atoms with van der Waals surface area (Å²) in [6, 6.07) is 13.0. The van der Waals surface area contributed by atoms with Crippen molar-refractivity contribution in [1.82, 2.24) is 0 Å². The lowest BCUT2D eigenvalue weighted by atomic mass is 10.0. The van der Waals surface area contributed by atoms with Crippen LogP contribution < -0.4 is 5.32 Å². The highest BCUT2D eigenvalue weighted by atomic mass is 35.5. The molecule has 2 aromatic rings. The standard InChI is InChI=1S/C21H24ClNO3/c1-4-8-18(21(25)26-13-16-9-6-5-7-10-16)20(24)23-19-14(2)11-17(22)12-15(19)3/h5-7,9-12,18H,4,8,13H2,1-3H3,(H,23,24). The third-order valence-corrected chi connectivity index (χ3v) is 4.37. The molecule has 2 rings (SSSR count). The van der Waals surface area contributed by atoms with Crippen LogP contribution in [0.3, 0.4) is 0 Å². The molecule has 26 heavy (non-hydrogen) atoms. The van der Waals surface area contributed by atoms with E-state index in [4.69, 9.17) is 16.3 Å². The number of hydrogen-bond donors (Lipinski definition) is 1. The van der Waals surface area contributed by atoms with Gasteiger partial charge in [0.25, 0.3) is 0 Å². The van der Waals surface area contributed by atoms with Gasteiger partial charge in [0.05, 0.1) is 0 Å².